The molecule has 150 valence electrons. The second-order valence-corrected chi connectivity index (χ2v) is 7.78. The van der Waals surface area contributed by atoms with Crippen LogP contribution in [0.1, 0.15) is 90.4 Å². The molecule has 1 N–H and O–H groups in total. The molecule has 0 saturated heterocycles. The number of rotatable bonds is 16. The number of carbonyl (C=O) groups is 2. The molecule has 0 aromatic carbocycles. The Morgan fingerprint density at radius 1 is 0.962 bits per heavy atom. The summed E-state index contributed by atoms with van der Waals surface area (Å²) in [6, 6.07) is 0. The summed E-state index contributed by atoms with van der Waals surface area (Å²) in [5.41, 5.74) is 0.284. The lowest BCUT2D eigenvalue weighted by Crippen LogP contribution is -2.27. The molecule has 1 rings (SSSR count). The van der Waals surface area contributed by atoms with Crippen LogP contribution in [0.3, 0.4) is 0 Å². The molecule has 0 aliphatic heterocycles. The van der Waals surface area contributed by atoms with Gasteiger partial charge in [-0.2, -0.15) is 0 Å². The van der Waals surface area contributed by atoms with Crippen LogP contribution in [0.4, 0.5) is 0 Å². The minimum Gasteiger partial charge on any atom is -0.466 e. The van der Waals surface area contributed by atoms with E-state index in [1.165, 1.54) is 71.3 Å². The molecule has 2 atom stereocenters. The number of methoxy groups -OCH3 is 1. The topological polar surface area (TPSA) is 55.4 Å². The number of hydrogen-bond donors (Lipinski definition) is 1. The lowest BCUT2D eigenvalue weighted by molar-refractivity contribution is -0.136. The molecule has 0 spiro atoms. The second kappa shape index (κ2) is 13.8. The lowest BCUT2D eigenvalue weighted by Gasteiger charge is -2.06. The molecule has 0 bridgehead atoms. The molecule has 4 heteroatoms. The van der Waals surface area contributed by atoms with Crippen molar-refractivity contribution in [3.63, 3.8) is 0 Å². The number of hydrogen-bond acceptors (Lipinski definition) is 3. The Hall–Kier alpha value is -1.32. The van der Waals surface area contributed by atoms with Crippen LogP contribution in [0.15, 0.2) is 12.2 Å². The van der Waals surface area contributed by atoms with Crippen LogP contribution in [-0.4, -0.2) is 25.5 Å². The number of ether oxygens (including phenoxy) is 1. The van der Waals surface area contributed by atoms with E-state index >= 15 is 0 Å². The Morgan fingerprint density at radius 3 is 2.15 bits per heavy atom. The average molecular weight is 366 g/mol. The van der Waals surface area contributed by atoms with Crippen molar-refractivity contribution in [2.75, 3.05) is 13.7 Å². The van der Waals surface area contributed by atoms with Gasteiger partial charge in [0.15, 0.2) is 0 Å². The summed E-state index contributed by atoms with van der Waals surface area (Å²) < 4.78 is 4.55. The van der Waals surface area contributed by atoms with Crippen LogP contribution in [-0.2, 0) is 14.3 Å². The summed E-state index contributed by atoms with van der Waals surface area (Å²) in [6.45, 7) is 6.03. The molecule has 1 aliphatic rings. The van der Waals surface area contributed by atoms with Gasteiger partial charge < -0.3 is 10.1 Å². The zero-order valence-corrected chi connectivity index (χ0v) is 17.0. The summed E-state index contributed by atoms with van der Waals surface area (Å²) in [5.74, 6) is 1.40. The molecule has 1 saturated carbocycles. The van der Waals surface area contributed by atoms with Crippen molar-refractivity contribution in [1.82, 2.24) is 5.32 Å². The highest BCUT2D eigenvalue weighted by molar-refractivity contribution is 5.89. The highest BCUT2D eigenvalue weighted by Gasteiger charge is 2.35. The van der Waals surface area contributed by atoms with E-state index in [2.05, 4.69) is 23.6 Å². The van der Waals surface area contributed by atoms with Crippen LogP contribution in [0.2, 0.25) is 0 Å². The number of amides is 1. The van der Waals surface area contributed by atoms with Gasteiger partial charge in [-0.25, -0.2) is 4.79 Å². The van der Waals surface area contributed by atoms with Crippen molar-refractivity contribution < 1.29 is 14.3 Å². The molecule has 26 heavy (non-hydrogen) atoms. The van der Waals surface area contributed by atoms with E-state index in [9.17, 15) is 9.59 Å². The third-order valence-corrected chi connectivity index (χ3v) is 5.45. The Balaban J connectivity index is 1.89. The van der Waals surface area contributed by atoms with Crippen molar-refractivity contribution in [1.29, 1.82) is 0 Å². The standard InChI is InChI=1S/C22H39NO3/c1-4-5-6-7-8-9-10-13-19-16-20(19)14-11-12-15-21(24)23-17-18(2)22(25)26-3/h19-20H,2,4-17H2,1,3H3,(H,23,24). The highest BCUT2D eigenvalue weighted by atomic mass is 16.5. The first-order valence-electron chi connectivity index (χ1n) is 10.6. The SMILES string of the molecule is C=C(CNC(=O)CCCCC1CC1CCCCCCCCC)C(=O)OC. The summed E-state index contributed by atoms with van der Waals surface area (Å²) in [5, 5.41) is 2.72. The normalized spacial score (nSPS) is 18.4. The summed E-state index contributed by atoms with van der Waals surface area (Å²) in [4.78, 5) is 22.9. The van der Waals surface area contributed by atoms with E-state index in [4.69, 9.17) is 0 Å². The summed E-state index contributed by atoms with van der Waals surface area (Å²) in [7, 11) is 1.31. The molecule has 4 nitrogen and oxygen atoms in total. The van der Waals surface area contributed by atoms with E-state index < -0.39 is 5.97 Å². The maximum atomic E-state index is 11.7. The number of nitrogens with one attached hydrogen (secondary N) is 1. The number of unbranched alkanes of at least 4 members (excludes halogenated alkanes) is 7. The zero-order valence-electron chi connectivity index (χ0n) is 17.0. The second-order valence-electron chi connectivity index (χ2n) is 7.78. The first kappa shape index (κ1) is 22.7. The van der Waals surface area contributed by atoms with Gasteiger partial charge in [-0.15, -0.1) is 0 Å². The van der Waals surface area contributed by atoms with Crippen molar-refractivity contribution in [3.8, 4) is 0 Å². The first-order chi connectivity index (χ1) is 12.6. The minimum absolute atomic E-state index is 0.00882. The Morgan fingerprint density at radius 2 is 1.54 bits per heavy atom. The summed E-state index contributed by atoms with van der Waals surface area (Å²) in [6.07, 6.45) is 16.4. The van der Waals surface area contributed by atoms with Crippen LogP contribution in [0.5, 0.6) is 0 Å². The van der Waals surface area contributed by atoms with Gasteiger partial charge in [-0.05, 0) is 24.7 Å². The molecule has 2 unspecified atom stereocenters. The van der Waals surface area contributed by atoms with Gasteiger partial charge in [0, 0.05) is 18.5 Å². The maximum absolute atomic E-state index is 11.7. The van der Waals surface area contributed by atoms with E-state index in [0.717, 1.165) is 24.7 Å². The molecule has 1 amide bonds. The molecular weight excluding hydrogens is 326 g/mol. The van der Waals surface area contributed by atoms with Crippen molar-refractivity contribution in [2.24, 2.45) is 11.8 Å². The lowest BCUT2D eigenvalue weighted by atomic mass is 10.0. The van der Waals surface area contributed by atoms with Crippen LogP contribution in [0.25, 0.3) is 0 Å². The molecule has 1 fully saturated rings. The number of carbonyl (C=O) groups excluding carboxylic acids is 2. The predicted octanol–water partition coefficient (Wildman–Crippen LogP) is 5.17. The molecule has 1 aliphatic carbocycles. The highest BCUT2D eigenvalue weighted by Crippen LogP contribution is 2.45. The molecule has 0 aromatic rings. The largest absolute Gasteiger partial charge is 0.466 e. The van der Waals surface area contributed by atoms with Gasteiger partial charge >= 0.3 is 5.97 Å². The average Bonchev–Trinajstić information content (AvgIpc) is 3.40. The maximum Gasteiger partial charge on any atom is 0.334 e. The van der Waals surface area contributed by atoms with Gasteiger partial charge in [0.25, 0.3) is 0 Å². The fourth-order valence-corrected chi connectivity index (χ4v) is 3.58. The molecule has 0 heterocycles. The predicted molar refractivity (Wildman–Crippen MR) is 107 cm³/mol. The number of esters is 1. The van der Waals surface area contributed by atoms with Gasteiger partial charge in [0.05, 0.1) is 7.11 Å². The Labute approximate surface area is 160 Å². The molecule has 0 aromatic heterocycles. The Bertz CT molecular complexity index is 433. The minimum atomic E-state index is -0.467. The van der Waals surface area contributed by atoms with Gasteiger partial charge in [0.1, 0.15) is 0 Å². The fraction of sp³-hybridized carbons (Fsp3) is 0.818. The van der Waals surface area contributed by atoms with Crippen LogP contribution < -0.4 is 5.32 Å². The fourth-order valence-electron chi connectivity index (χ4n) is 3.58. The third kappa shape index (κ3) is 10.6. The van der Waals surface area contributed by atoms with E-state index in [1.807, 2.05) is 0 Å². The van der Waals surface area contributed by atoms with Gasteiger partial charge in [-0.3, -0.25) is 4.79 Å². The third-order valence-electron chi connectivity index (χ3n) is 5.45. The zero-order chi connectivity index (χ0) is 19.2. The van der Waals surface area contributed by atoms with Gasteiger partial charge in [-0.1, -0.05) is 77.7 Å². The summed E-state index contributed by atoms with van der Waals surface area (Å²) >= 11 is 0. The van der Waals surface area contributed by atoms with Crippen molar-refractivity contribution >= 4 is 11.9 Å². The molecule has 0 radical (unpaired) electrons. The van der Waals surface area contributed by atoms with E-state index in [-0.39, 0.29) is 18.0 Å². The van der Waals surface area contributed by atoms with E-state index in [0.29, 0.717) is 6.42 Å². The smallest absolute Gasteiger partial charge is 0.334 e. The quantitative estimate of drug-likeness (QED) is 0.233. The van der Waals surface area contributed by atoms with Gasteiger partial charge in [0.2, 0.25) is 5.91 Å². The monoisotopic (exact) mass is 365 g/mol. The van der Waals surface area contributed by atoms with Crippen LogP contribution in [0, 0.1) is 11.8 Å². The van der Waals surface area contributed by atoms with Crippen molar-refractivity contribution in [2.45, 2.75) is 90.4 Å². The van der Waals surface area contributed by atoms with Crippen molar-refractivity contribution in [3.05, 3.63) is 12.2 Å². The Kier molecular flexibility index (Phi) is 12.1. The van der Waals surface area contributed by atoms with Crippen LogP contribution >= 0.6 is 0 Å². The van der Waals surface area contributed by atoms with E-state index in [1.54, 1.807) is 0 Å². The first-order valence-corrected chi connectivity index (χ1v) is 10.6. The molecular formula is C22H39NO3.